The van der Waals surface area contributed by atoms with Crippen LogP contribution in [0.25, 0.3) is 0 Å². The summed E-state index contributed by atoms with van der Waals surface area (Å²) < 4.78 is 3.29. The molecule has 0 unspecified atom stereocenters. The van der Waals surface area contributed by atoms with Crippen molar-refractivity contribution in [1.82, 2.24) is 19.6 Å². The Morgan fingerprint density at radius 1 is 0.769 bits per heavy atom. The van der Waals surface area contributed by atoms with Gasteiger partial charge in [0.25, 0.3) is 0 Å². The molecule has 0 aliphatic heterocycles. The van der Waals surface area contributed by atoms with Crippen LogP contribution in [0.3, 0.4) is 0 Å². The molecule has 0 atom stereocenters. The summed E-state index contributed by atoms with van der Waals surface area (Å²) in [5, 5.41) is 19.4. The van der Waals surface area contributed by atoms with Crippen molar-refractivity contribution in [3.63, 3.8) is 0 Å². The fourth-order valence-corrected chi connectivity index (χ4v) is 2.99. The molecule has 144 valence electrons. The predicted molar refractivity (Wildman–Crippen MR) is 103 cm³/mol. The maximum Gasteiger partial charge on any atom is 0.351 e. The summed E-state index contributed by atoms with van der Waals surface area (Å²) >= 11 is 0. The first kappa shape index (κ1) is 20.2. The van der Waals surface area contributed by atoms with Gasteiger partial charge in [-0.1, -0.05) is 55.4 Å². The van der Waals surface area contributed by atoms with Crippen LogP contribution in [-0.2, 0) is 4.79 Å². The Balaban J connectivity index is 2.70. The lowest BCUT2D eigenvalue weighted by Crippen LogP contribution is -2.31. The molecule has 2 heterocycles. The average molecular weight is 361 g/mol. The van der Waals surface area contributed by atoms with Gasteiger partial charge in [-0.2, -0.15) is 10.2 Å². The SMILES string of the molecule is CC(C)c1cc(C(C)C)n(C(C(=O)O)n2nc(C(C)C)cc2C(C)C)n1. The van der Waals surface area contributed by atoms with E-state index in [2.05, 4.69) is 65.6 Å². The predicted octanol–water partition coefficient (Wildman–Crippen LogP) is 4.70. The first-order valence-corrected chi connectivity index (χ1v) is 9.46. The zero-order chi connectivity index (χ0) is 19.8. The van der Waals surface area contributed by atoms with Gasteiger partial charge in [-0.25, -0.2) is 14.2 Å². The summed E-state index contributed by atoms with van der Waals surface area (Å²) in [7, 11) is 0. The van der Waals surface area contributed by atoms with E-state index in [0.29, 0.717) is 0 Å². The maximum absolute atomic E-state index is 12.3. The summed E-state index contributed by atoms with van der Waals surface area (Å²) in [5.41, 5.74) is 3.64. The van der Waals surface area contributed by atoms with Crippen molar-refractivity contribution in [2.45, 2.75) is 85.2 Å². The van der Waals surface area contributed by atoms with E-state index in [-0.39, 0.29) is 23.7 Å². The Hall–Kier alpha value is -2.11. The number of carboxylic acid groups (broad SMARTS) is 1. The fourth-order valence-electron chi connectivity index (χ4n) is 2.99. The van der Waals surface area contributed by atoms with Gasteiger partial charge in [0.05, 0.1) is 11.4 Å². The largest absolute Gasteiger partial charge is 0.478 e. The maximum atomic E-state index is 12.3. The number of carboxylic acids is 1. The van der Waals surface area contributed by atoms with Crippen LogP contribution >= 0.6 is 0 Å². The van der Waals surface area contributed by atoms with E-state index in [4.69, 9.17) is 0 Å². The lowest BCUT2D eigenvalue weighted by molar-refractivity contribution is -0.142. The van der Waals surface area contributed by atoms with E-state index >= 15 is 0 Å². The monoisotopic (exact) mass is 360 g/mol. The van der Waals surface area contributed by atoms with Gasteiger partial charge in [0.15, 0.2) is 0 Å². The van der Waals surface area contributed by atoms with Gasteiger partial charge < -0.3 is 5.11 Å². The molecule has 2 aromatic rings. The first-order valence-electron chi connectivity index (χ1n) is 9.46. The molecule has 0 aromatic carbocycles. The summed E-state index contributed by atoms with van der Waals surface area (Å²) in [4.78, 5) is 12.3. The number of carbonyl (C=O) groups is 1. The molecule has 6 heteroatoms. The van der Waals surface area contributed by atoms with Gasteiger partial charge in [0.2, 0.25) is 6.17 Å². The molecule has 1 N–H and O–H groups in total. The van der Waals surface area contributed by atoms with Gasteiger partial charge >= 0.3 is 5.97 Å². The van der Waals surface area contributed by atoms with Crippen LogP contribution in [0, 0.1) is 0 Å². The Bertz CT molecular complexity index is 711. The van der Waals surface area contributed by atoms with Crippen molar-refractivity contribution in [3.8, 4) is 0 Å². The lowest BCUT2D eigenvalue weighted by Gasteiger charge is -2.21. The molecule has 0 spiro atoms. The van der Waals surface area contributed by atoms with Crippen molar-refractivity contribution in [2.75, 3.05) is 0 Å². The third-order valence-electron chi connectivity index (χ3n) is 4.62. The number of hydrogen-bond donors (Lipinski definition) is 1. The number of rotatable bonds is 7. The molecule has 2 aromatic heterocycles. The van der Waals surface area contributed by atoms with Gasteiger partial charge in [-0.05, 0) is 35.8 Å². The molecule has 2 rings (SSSR count). The molecule has 0 saturated heterocycles. The van der Waals surface area contributed by atoms with Crippen LogP contribution in [0.5, 0.6) is 0 Å². The van der Waals surface area contributed by atoms with Gasteiger partial charge in [-0.3, -0.25) is 0 Å². The first-order chi connectivity index (χ1) is 12.0. The standard InChI is InChI=1S/C20H32N4O2/c1-11(2)15-9-17(13(5)6)23(21-15)19(20(25)26)24-18(14(7)8)10-16(22-24)12(3)4/h9-14,19H,1-8H3,(H,25,26). The van der Waals surface area contributed by atoms with Gasteiger partial charge in [-0.15, -0.1) is 0 Å². The highest BCUT2D eigenvalue weighted by Gasteiger charge is 2.31. The van der Waals surface area contributed by atoms with Crippen LogP contribution in [0.2, 0.25) is 0 Å². The minimum absolute atomic E-state index is 0.166. The molecule has 0 radical (unpaired) electrons. The zero-order valence-corrected chi connectivity index (χ0v) is 17.2. The Morgan fingerprint density at radius 3 is 1.35 bits per heavy atom. The number of hydrogen-bond acceptors (Lipinski definition) is 3. The van der Waals surface area contributed by atoms with Crippen molar-refractivity contribution in [1.29, 1.82) is 0 Å². The molecule has 0 aliphatic rings. The van der Waals surface area contributed by atoms with Crippen LogP contribution in [-0.4, -0.2) is 30.6 Å². The molecular weight excluding hydrogens is 328 g/mol. The summed E-state index contributed by atoms with van der Waals surface area (Å²) in [6.07, 6.45) is -0.982. The normalized spacial score (nSPS) is 12.3. The second kappa shape index (κ2) is 7.64. The Morgan fingerprint density at radius 2 is 1.12 bits per heavy atom. The number of aliphatic carboxylic acids is 1. The summed E-state index contributed by atoms with van der Waals surface area (Å²) in [6, 6.07) is 4.04. The lowest BCUT2D eigenvalue weighted by atomic mass is 10.1. The smallest absolute Gasteiger partial charge is 0.351 e. The highest BCUT2D eigenvalue weighted by molar-refractivity contribution is 5.72. The molecule has 0 bridgehead atoms. The van der Waals surface area contributed by atoms with E-state index in [0.717, 1.165) is 22.8 Å². The van der Waals surface area contributed by atoms with Crippen molar-refractivity contribution < 1.29 is 9.90 Å². The minimum atomic E-state index is -0.982. The van der Waals surface area contributed by atoms with E-state index in [1.54, 1.807) is 9.36 Å². The van der Waals surface area contributed by atoms with E-state index in [1.807, 2.05) is 12.1 Å². The van der Waals surface area contributed by atoms with Crippen molar-refractivity contribution in [3.05, 3.63) is 34.9 Å². The van der Waals surface area contributed by atoms with Crippen molar-refractivity contribution >= 4 is 5.97 Å². The van der Waals surface area contributed by atoms with Gasteiger partial charge in [0.1, 0.15) is 0 Å². The third-order valence-corrected chi connectivity index (χ3v) is 4.62. The topological polar surface area (TPSA) is 72.9 Å². The molecule has 0 amide bonds. The third kappa shape index (κ3) is 3.84. The molecule has 26 heavy (non-hydrogen) atoms. The van der Waals surface area contributed by atoms with E-state index in [1.165, 1.54) is 0 Å². The molecule has 0 aliphatic carbocycles. The van der Waals surface area contributed by atoms with Gasteiger partial charge in [0, 0.05) is 11.4 Å². The highest BCUT2D eigenvalue weighted by atomic mass is 16.4. The second-order valence-electron chi connectivity index (χ2n) is 8.21. The zero-order valence-electron chi connectivity index (χ0n) is 17.2. The number of nitrogens with zero attached hydrogens (tertiary/aromatic N) is 4. The second-order valence-corrected chi connectivity index (χ2v) is 8.21. The quantitative estimate of drug-likeness (QED) is 0.776. The average Bonchev–Trinajstić information content (AvgIpc) is 3.12. The molecule has 6 nitrogen and oxygen atoms in total. The molecular formula is C20H32N4O2. The molecule has 0 fully saturated rings. The van der Waals surface area contributed by atoms with Crippen LogP contribution in [0.4, 0.5) is 0 Å². The summed E-state index contributed by atoms with van der Waals surface area (Å²) in [5.74, 6) is -0.155. The van der Waals surface area contributed by atoms with E-state index < -0.39 is 12.1 Å². The number of aromatic nitrogens is 4. The Kier molecular flexibility index (Phi) is 5.94. The summed E-state index contributed by atoms with van der Waals surface area (Å²) in [6.45, 7) is 16.5. The van der Waals surface area contributed by atoms with E-state index in [9.17, 15) is 9.90 Å². The van der Waals surface area contributed by atoms with Crippen LogP contribution in [0.1, 0.15) is 108 Å². The van der Waals surface area contributed by atoms with Crippen LogP contribution < -0.4 is 0 Å². The highest BCUT2D eigenvalue weighted by Crippen LogP contribution is 2.28. The van der Waals surface area contributed by atoms with Crippen molar-refractivity contribution in [2.24, 2.45) is 0 Å². The minimum Gasteiger partial charge on any atom is -0.478 e. The van der Waals surface area contributed by atoms with Crippen LogP contribution in [0.15, 0.2) is 12.1 Å². The molecule has 0 saturated carbocycles. The fraction of sp³-hybridized carbons (Fsp3) is 0.650. The Labute approximate surface area is 156 Å².